The van der Waals surface area contributed by atoms with E-state index in [1.165, 1.54) is 0 Å². The third kappa shape index (κ3) is 2.40. The summed E-state index contributed by atoms with van der Waals surface area (Å²) in [6.07, 6.45) is 0. The van der Waals surface area contributed by atoms with Crippen molar-refractivity contribution in [1.29, 1.82) is 0 Å². The van der Waals surface area contributed by atoms with E-state index in [1.54, 1.807) is 4.57 Å². The van der Waals surface area contributed by atoms with Gasteiger partial charge in [0.25, 0.3) is 0 Å². The Morgan fingerprint density at radius 3 is 2.26 bits per heavy atom. The average molecular weight is 270 g/mol. The number of hydrogen-bond donors (Lipinski definition) is 1. The zero-order chi connectivity index (χ0) is 14.0. The van der Waals surface area contributed by atoms with Crippen molar-refractivity contribution in [2.75, 3.05) is 11.9 Å². The molecule has 2 aromatic rings. The molecule has 0 atom stereocenters. The van der Waals surface area contributed by atoms with E-state index in [-0.39, 0.29) is 11.4 Å². The summed E-state index contributed by atoms with van der Waals surface area (Å²) in [6.45, 7) is 4.91. The van der Waals surface area contributed by atoms with Gasteiger partial charge in [-0.15, -0.1) is 10.2 Å². The molecule has 0 amide bonds. The Labute approximate surface area is 108 Å². The van der Waals surface area contributed by atoms with Gasteiger partial charge in [-0.2, -0.15) is 0 Å². The Morgan fingerprint density at radius 1 is 1.11 bits per heavy atom. The third-order valence-corrected chi connectivity index (χ3v) is 2.64. The highest BCUT2D eigenvalue weighted by molar-refractivity contribution is 5.57. The van der Waals surface area contributed by atoms with Crippen LogP contribution in [-0.2, 0) is 6.54 Å². The maximum Gasteiger partial charge on any atom is 0.224 e. The summed E-state index contributed by atoms with van der Waals surface area (Å²) in [5, 5.41) is 10.8. The highest BCUT2D eigenvalue weighted by Crippen LogP contribution is 2.24. The summed E-state index contributed by atoms with van der Waals surface area (Å²) in [5.74, 6) is -3.18. The molecule has 0 spiro atoms. The van der Waals surface area contributed by atoms with Gasteiger partial charge >= 0.3 is 0 Å². The number of nitrogens with zero attached hydrogens (tertiary/aromatic N) is 3. The lowest BCUT2D eigenvalue weighted by molar-refractivity contribution is 0.447. The van der Waals surface area contributed by atoms with Crippen LogP contribution < -0.4 is 5.32 Å². The van der Waals surface area contributed by atoms with Crippen LogP contribution in [0.2, 0.25) is 0 Å². The molecule has 0 unspecified atom stereocenters. The van der Waals surface area contributed by atoms with Gasteiger partial charge in [0.1, 0.15) is 0 Å². The minimum absolute atomic E-state index is 0.148. The van der Waals surface area contributed by atoms with E-state index >= 15 is 0 Å². The lowest BCUT2D eigenvalue weighted by atomic mass is 10.2. The lowest BCUT2D eigenvalue weighted by Crippen LogP contribution is -2.07. The number of rotatable bonds is 4. The Bertz CT molecular complexity index is 572. The first kappa shape index (κ1) is 13.4. The minimum Gasteiger partial charge on any atom is -0.355 e. The number of nitrogens with one attached hydrogen (secondary N) is 1. The molecule has 19 heavy (non-hydrogen) atoms. The van der Waals surface area contributed by atoms with Gasteiger partial charge in [0.05, 0.1) is 0 Å². The summed E-state index contributed by atoms with van der Waals surface area (Å²) in [6, 6.07) is 1.81. The van der Waals surface area contributed by atoms with Gasteiger partial charge in [-0.1, -0.05) is 0 Å². The Balaban J connectivity index is 2.53. The van der Waals surface area contributed by atoms with E-state index in [2.05, 4.69) is 15.5 Å². The fraction of sp³-hybridized carbons (Fsp3) is 0.333. The van der Waals surface area contributed by atoms with Gasteiger partial charge in [-0.05, 0) is 26.0 Å². The second-order valence-electron chi connectivity index (χ2n) is 3.88. The SMILES string of the molecule is CCNc1nnc(-c2cc(F)c(F)c(F)c2)n1CC. The van der Waals surface area contributed by atoms with Crippen LogP contribution in [0.25, 0.3) is 11.4 Å². The predicted molar refractivity (Wildman–Crippen MR) is 65.2 cm³/mol. The zero-order valence-corrected chi connectivity index (χ0v) is 10.5. The van der Waals surface area contributed by atoms with Gasteiger partial charge in [0, 0.05) is 18.7 Å². The molecule has 4 nitrogen and oxygen atoms in total. The van der Waals surface area contributed by atoms with Crippen LogP contribution in [0, 0.1) is 17.5 Å². The van der Waals surface area contributed by atoms with Crippen LogP contribution in [0.5, 0.6) is 0 Å². The largest absolute Gasteiger partial charge is 0.355 e. The van der Waals surface area contributed by atoms with E-state index in [1.807, 2.05) is 13.8 Å². The summed E-state index contributed by atoms with van der Waals surface area (Å²) >= 11 is 0. The molecule has 102 valence electrons. The van der Waals surface area contributed by atoms with E-state index in [0.29, 0.717) is 19.0 Å². The predicted octanol–water partition coefficient (Wildman–Crippen LogP) is 2.81. The maximum atomic E-state index is 13.2. The molecule has 0 saturated heterocycles. The molecule has 1 aromatic heterocycles. The van der Waals surface area contributed by atoms with Crippen molar-refractivity contribution >= 4 is 5.95 Å². The molecule has 0 aliphatic carbocycles. The van der Waals surface area contributed by atoms with Crippen molar-refractivity contribution in [2.24, 2.45) is 0 Å². The topological polar surface area (TPSA) is 42.7 Å². The van der Waals surface area contributed by atoms with E-state index in [4.69, 9.17) is 0 Å². The van der Waals surface area contributed by atoms with Crippen LogP contribution in [0.15, 0.2) is 12.1 Å². The average Bonchev–Trinajstić information content (AvgIpc) is 2.78. The highest BCUT2D eigenvalue weighted by Gasteiger charge is 2.17. The minimum atomic E-state index is -1.49. The molecule has 0 aliphatic heterocycles. The van der Waals surface area contributed by atoms with Crippen LogP contribution in [0.4, 0.5) is 19.1 Å². The van der Waals surface area contributed by atoms with E-state index < -0.39 is 17.5 Å². The zero-order valence-electron chi connectivity index (χ0n) is 10.5. The first-order valence-corrected chi connectivity index (χ1v) is 5.90. The fourth-order valence-electron chi connectivity index (χ4n) is 1.79. The van der Waals surface area contributed by atoms with E-state index in [9.17, 15) is 13.2 Å². The van der Waals surface area contributed by atoms with Crippen molar-refractivity contribution in [1.82, 2.24) is 14.8 Å². The number of benzene rings is 1. The lowest BCUT2D eigenvalue weighted by Gasteiger charge is -2.08. The number of anilines is 1. The number of halogens is 3. The van der Waals surface area contributed by atoms with Crippen LogP contribution in [-0.4, -0.2) is 21.3 Å². The molecule has 1 aromatic carbocycles. The molecule has 1 heterocycles. The van der Waals surface area contributed by atoms with Crippen LogP contribution in [0.1, 0.15) is 13.8 Å². The molecule has 0 bridgehead atoms. The van der Waals surface area contributed by atoms with Crippen molar-refractivity contribution < 1.29 is 13.2 Å². The molecule has 1 N–H and O–H groups in total. The van der Waals surface area contributed by atoms with Crippen molar-refractivity contribution in [3.8, 4) is 11.4 Å². The summed E-state index contributed by atoms with van der Waals surface area (Å²) in [7, 11) is 0. The first-order valence-electron chi connectivity index (χ1n) is 5.90. The van der Waals surface area contributed by atoms with Crippen LogP contribution >= 0.6 is 0 Å². The maximum absolute atomic E-state index is 13.2. The third-order valence-electron chi connectivity index (χ3n) is 2.64. The monoisotopic (exact) mass is 270 g/mol. The fourth-order valence-corrected chi connectivity index (χ4v) is 1.79. The van der Waals surface area contributed by atoms with Gasteiger partial charge in [-0.25, -0.2) is 13.2 Å². The molecule has 2 rings (SSSR count). The first-order chi connectivity index (χ1) is 9.08. The smallest absolute Gasteiger partial charge is 0.224 e. The van der Waals surface area contributed by atoms with E-state index in [0.717, 1.165) is 12.1 Å². The molecule has 0 saturated carbocycles. The Hall–Kier alpha value is -2.05. The molecule has 0 fully saturated rings. The highest BCUT2D eigenvalue weighted by atomic mass is 19.2. The second kappa shape index (κ2) is 5.29. The molecule has 7 heteroatoms. The Morgan fingerprint density at radius 2 is 1.74 bits per heavy atom. The number of hydrogen-bond acceptors (Lipinski definition) is 3. The van der Waals surface area contributed by atoms with Gasteiger partial charge < -0.3 is 5.32 Å². The molecular formula is C12H13F3N4. The quantitative estimate of drug-likeness (QED) is 0.869. The van der Waals surface area contributed by atoms with Gasteiger partial charge in [-0.3, -0.25) is 4.57 Å². The molecule has 0 radical (unpaired) electrons. The van der Waals surface area contributed by atoms with Crippen molar-refractivity contribution in [2.45, 2.75) is 20.4 Å². The standard InChI is InChI=1S/C12H13F3N4/c1-3-16-12-18-17-11(19(12)4-2)7-5-8(13)10(15)9(14)6-7/h5-6H,3-4H2,1-2H3,(H,16,18). The van der Waals surface area contributed by atoms with Crippen molar-refractivity contribution in [3.63, 3.8) is 0 Å². The Kier molecular flexibility index (Phi) is 3.73. The molecule has 0 aliphatic rings. The van der Waals surface area contributed by atoms with Gasteiger partial charge in [0.2, 0.25) is 5.95 Å². The van der Waals surface area contributed by atoms with Crippen molar-refractivity contribution in [3.05, 3.63) is 29.6 Å². The van der Waals surface area contributed by atoms with Crippen LogP contribution in [0.3, 0.4) is 0 Å². The second-order valence-corrected chi connectivity index (χ2v) is 3.88. The van der Waals surface area contributed by atoms with Gasteiger partial charge in [0.15, 0.2) is 23.3 Å². The summed E-state index contributed by atoms with van der Waals surface area (Å²) in [4.78, 5) is 0. The summed E-state index contributed by atoms with van der Waals surface area (Å²) in [5.41, 5.74) is 0.148. The normalized spacial score (nSPS) is 10.8. The number of aromatic nitrogens is 3. The molecular weight excluding hydrogens is 257 g/mol. The summed E-state index contributed by atoms with van der Waals surface area (Å²) < 4.78 is 41.0.